The van der Waals surface area contributed by atoms with Crippen molar-refractivity contribution in [3.63, 3.8) is 0 Å². The minimum atomic E-state index is 0.0516. The first-order valence-corrected chi connectivity index (χ1v) is 6.63. The van der Waals surface area contributed by atoms with Crippen LogP contribution in [0.15, 0.2) is 12.1 Å². The third kappa shape index (κ3) is 2.08. The molecule has 1 unspecified atom stereocenters. The highest BCUT2D eigenvalue weighted by molar-refractivity contribution is 5.99. The van der Waals surface area contributed by atoms with Gasteiger partial charge in [-0.05, 0) is 49.6 Å². The Labute approximate surface area is 107 Å². The SMILES string of the molecule is Cc1cc(NCC2CCCN2)cc2c1CNC2=O. The van der Waals surface area contributed by atoms with E-state index in [2.05, 4.69) is 28.9 Å². The van der Waals surface area contributed by atoms with Crippen molar-refractivity contribution in [1.82, 2.24) is 10.6 Å². The van der Waals surface area contributed by atoms with E-state index in [1.54, 1.807) is 0 Å². The van der Waals surface area contributed by atoms with Crippen molar-refractivity contribution >= 4 is 11.6 Å². The monoisotopic (exact) mass is 245 g/mol. The second-order valence-electron chi connectivity index (χ2n) is 5.18. The number of benzene rings is 1. The van der Waals surface area contributed by atoms with Crippen molar-refractivity contribution in [3.05, 3.63) is 28.8 Å². The molecule has 0 radical (unpaired) electrons. The van der Waals surface area contributed by atoms with Crippen molar-refractivity contribution in [2.75, 3.05) is 18.4 Å². The molecule has 0 saturated carbocycles. The van der Waals surface area contributed by atoms with E-state index in [-0.39, 0.29) is 5.91 Å². The fourth-order valence-corrected chi connectivity index (χ4v) is 2.79. The number of nitrogens with one attached hydrogen (secondary N) is 3. The van der Waals surface area contributed by atoms with Crippen molar-refractivity contribution in [3.8, 4) is 0 Å². The molecular weight excluding hydrogens is 226 g/mol. The van der Waals surface area contributed by atoms with Gasteiger partial charge in [0.15, 0.2) is 0 Å². The number of carbonyl (C=O) groups excluding carboxylic acids is 1. The molecule has 0 aromatic heterocycles. The molecule has 4 heteroatoms. The molecule has 3 rings (SSSR count). The summed E-state index contributed by atoms with van der Waals surface area (Å²) in [5.41, 5.74) is 4.21. The van der Waals surface area contributed by atoms with Crippen molar-refractivity contribution in [1.29, 1.82) is 0 Å². The standard InChI is InChI=1S/C14H19N3O/c1-9-5-11(16-7-10-3-2-4-15-10)6-12-13(9)8-17-14(12)18/h5-6,10,15-16H,2-4,7-8H2,1H3,(H,17,18). The number of anilines is 1. The summed E-state index contributed by atoms with van der Waals surface area (Å²) in [4.78, 5) is 11.7. The predicted molar refractivity (Wildman–Crippen MR) is 71.9 cm³/mol. The van der Waals surface area contributed by atoms with Crippen LogP contribution in [0.25, 0.3) is 0 Å². The molecule has 18 heavy (non-hydrogen) atoms. The Kier molecular flexibility index (Phi) is 2.96. The maximum atomic E-state index is 11.7. The van der Waals surface area contributed by atoms with Gasteiger partial charge in [-0.3, -0.25) is 4.79 Å². The average molecular weight is 245 g/mol. The van der Waals surface area contributed by atoms with Gasteiger partial charge in [-0.1, -0.05) is 0 Å². The Hall–Kier alpha value is -1.55. The summed E-state index contributed by atoms with van der Waals surface area (Å²) in [6.45, 7) is 4.79. The second-order valence-corrected chi connectivity index (χ2v) is 5.18. The van der Waals surface area contributed by atoms with Gasteiger partial charge in [0.2, 0.25) is 0 Å². The van der Waals surface area contributed by atoms with Crippen LogP contribution in [0.3, 0.4) is 0 Å². The molecule has 2 aliphatic heterocycles. The van der Waals surface area contributed by atoms with Crippen molar-refractivity contribution in [2.45, 2.75) is 32.4 Å². The van der Waals surface area contributed by atoms with E-state index in [4.69, 9.17) is 0 Å². The van der Waals surface area contributed by atoms with E-state index in [1.807, 2.05) is 6.07 Å². The van der Waals surface area contributed by atoms with Gasteiger partial charge in [-0.25, -0.2) is 0 Å². The van der Waals surface area contributed by atoms with Crippen molar-refractivity contribution < 1.29 is 4.79 Å². The first kappa shape index (κ1) is 11.5. The smallest absolute Gasteiger partial charge is 0.251 e. The average Bonchev–Trinajstić information content (AvgIpc) is 2.98. The fraction of sp³-hybridized carbons (Fsp3) is 0.500. The number of rotatable bonds is 3. The number of carbonyl (C=O) groups is 1. The summed E-state index contributed by atoms with van der Waals surface area (Å²) < 4.78 is 0. The topological polar surface area (TPSA) is 53.2 Å². The molecule has 4 nitrogen and oxygen atoms in total. The van der Waals surface area contributed by atoms with Gasteiger partial charge in [0.1, 0.15) is 0 Å². The molecule has 1 fully saturated rings. The molecule has 96 valence electrons. The zero-order valence-electron chi connectivity index (χ0n) is 10.7. The lowest BCUT2D eigenvalue weighted by Crippen LogP contribution is -2.29. The van der Waals surface area contributed by atoms with Gasteiger partial charge >= 0.3 is 0 Å². The molecule has 1 aromatic carbocycles. The van der Waals surface area contributed by atoms with E-state index in [1.165, 1.54) is 18.4 Å². The van der Waals surface area contributed by atoms with Crippen LogP contribution in [0, 0.1) is 6.92 Å². The first-order valence-electron chi connectivity index (χ1n) is 6.63. The Morgan fingerprint density at radius 3 is 3.11 bits per heavy atom. The van der Waals surface area contributed by atoms with Crippen LogP contribution >= 0.6 is 0 Å². The van der Waals surface area contributed by atoms with Crippen LogP contribution in [0.1, 0.15) is 34.3 Å². The molecule has 0 spiro atoms. The minimum Gasteiger partial charge on any atom is -0.383 e. The van der Waals surface area contributed by atoms with Gasteiger partial charge in [-0.15, -0.1) is 0 Å². The van der Waals surface area contributed by atoms with Crippen LogP contribution < -0.4 is 16.0 Å². The highest BCUT2D eigenvalue weighted by Crippen LogP contribution is 2.24. The van der Waals surface area contributed by atoms with Crippen LogP contribution in [0.2, 0.25) is 0 Å². The van der Waals surface area contributed by atoms with Crippen LogP contribution in [0.4, 0.5) is 5.69 Å². The van der Waals surface area contributed by atoms with E-state index in [9.17, 15) is 4.79 Å². The summed E-state index contributed by atoms with van der Waals surface area (Å²) in [7, 11) is 0. The summed E-state index contributed by atoms with van der Waals surface area (Å²) in [6.07, 6.45) is 2.50. The van der Waals surface area contributed by atoms with Gasteiger partial charge in [0.05, 0.1) is 0 Å². The molecule has 0 aliphatic carbocycles. The van der Waals surface area contributed by atoms with Crippen LogP contribution in [0.5, 0.6) is 0 Å². The zero-order chi connectivity index (χ0) is 12.5. The quantitative estimate of drug-likeness (QED) is 0.754. The molecule has 2 aliphatic rings. The lowest BCUT2D eigenvalue weighted by Gasteiger charge is -2.14. The van der Waals surface area contributed by atoms with E-state index >= 15 is 0 Å². The van der Waals surface area contributed by atoms with Crippen molar-refractivity contribution in [2.24, 2.45) is 0 Å². The van der Waals surface area contributed by atoms with Gasteiger partial charge in [-0.2, -0.15) is 0 Å². The van der Waals surface area contributed by atoms with Crippen LogP contribution in [-0.2, 0) is 6.54 Å². The molecule has 1 saturated heterocycles. The van der Waals surface area contributed by atoms with E-state index in [0.29, 0.717) is 12.6 Å². The number of aryl methyl sites for hydroxylation is 1. The Morgan fingerprint density at radius 2 is 2.33 bits per heavy atom. The summed E-state index contributed by atoms with van der Waals surface area (Å²) in [5, 5.41) is 9.77. The molecule has 1 aromatic rings. The molecular formula is C14H19N3O. The van der Waals surface area contributed by atoms with Crippen LogP contribution in [-0.4, -0.2) is 25.0 Å². The molecule has 0 bridgehead atoms. The minimum absolute atomic E-state index is 0.0516. The number of fused-ring (bicyclic) bond motifs is 1. The molecule has 1 atom stereocenters. The molecule has 3 N–H and O–H groups in total. The maximum absolute atomic E-state index is 11.7. The third-order valence-electron chi connectivity index (χ3n) is 3.86. The molecule has 1 amide bonds. The lowest BCUT2D eigenvalue weighted by molar-refractivity contribution is 0.0966. The zero-order valence-corrected chi connectivity index (χ0v) is 10.7. The summed E-state index contributed by atoms with van der Waals surface area (Å²) in [5.74, 6) is 0.0516. The van der Waals surface area contributed by atoms with E-state index in [0.717, 1.165) is 29.9 Å². The number of amides is 1. The van der Waals surface area contributed by atoms with Gasteiger partial charge in [0, 0.05) is 30.4 Å². The first-order chi connectivity index (χ1) is 8.74. The Balaban J connectivity index is 1.74. The second kappa shape index (κ2) is 4.61. The summed E-state index contributed by atoms with van der Waals surface area (Å²) >= 11 is 0. The van der Waals surface area contributed by atoms with Gasteiger partial charge < -0.3 is 16.0 Å². The number of hydrogen-bond acceptors (Lipinski definition) is 3. The lowest BCUT2D eigenvalue weighted by atomic mass is 10.0. The third-order valence-corrected chi connectivity index (χ3v) is 3.86. The highest BCUT2D eigenvalue weighted by Gasteiger charge is 2.21. The largest absolute Gasteiger partial charge is 0.383 e. The maximum Gasteiger partial charge on any atom is 0.251 e. The Bertz CT molecular complexity index is 478. The number of hydrogen-bond donors (Lipinski definition) is 3. The summed E-state index contributed by atoms with van der Waals surface area (Å²) in [6, 6.07) is 4.67. The Morgan fingerprint density at radius 1 is 1.44 bits per heavy atom. The highest BCUT2D eigenvalue weighted by atomic mass is 16.1. The molecule has 2 heterocycles. The van der Waals surface area contributed by atoms with Gasteiger partial charge in [0.25, 0.3) is 5.91 Å². The fourth-order valence-electron chi connectivity index (χ4n) is 2.79. The van der Waals surface area contributed by atoms with E-state index < -0.39 is 0 Å². The normalized spacial score (nSPS) is 21.8. The predicted octanol–water partition coefficient (Wildman–Crippen LogP) is 1.40.